The summed E-state index contributed by atoms with van der Waals surface area (Å²) >= 11 is 0. The standard InChI is InChI=1S/C21H24O3/c1-4-5-21(23)24-11-10-17-13-18(7-8-19(17)14-22)20-9-6-15(2)12-16(20)3/h4-9,12-13,22H,10-11,14H2,1-3H3/b5-4+. The predicted molar refractivity (Wildman–Crippen MR) is 96.8 cm³/mol. The van der Waals surface area contributed by atoms with E-state index in [1.807, 2.05) is 12.1 Å². The van der Waals surface area contributed by atoms with E-state index in [0.717, 1.165) is 16.7 Å². The molecule has 0 bridgehead atoms. The van der Waals surface area contributed by atoms with Gasteiger partial charge in [0.15, 0.2) is 0 Å². The van der Waals surface area contributed by atoms with Crippen molar-refractivity contribution in [3.05, 3.63) is 70.8 Å². The van der Waals surface area contributed by atoms with Gasteiger partial charge in [-0.15, -0.1) is 0 Å². The zero-order valence-corrected chi connectivity index (χ0v) is 14.5. The predicted octanol–water partition coefficient (Wildman–Crippen LogP) is 4.12. The number of esters is 1. The van der Waals surface area contributed by atoms with E-state index in [1.165, 1.54) is 22.8 Å². The first-order valence-electron chi connectivity index (χ1n) is 8.15. The molecule has 0 saturated carbocycles. The highest BCUT2D eigenvalue weighted by molar-refractivity contribution is 5.81. The summed E-state index contributed by atoms with van der Waals surface area (Å²) in [6.45, 7) is 6.23. The zero-order chi connectivity index (χ0) is 17.5. The van der Waals surface area contributed by atoms with Gasteiger partial charge in [0.1, 0.15) is 0 Å². The van der Waals surface area contributed by atoms with Crippen molar-refractivity contribution in [3.63, 3.8) is 0 Å². The minimum Gasteiger partial charge on any atom is -0.462 e. The number of aliphatic hydroxyl groups excluding tert-OH is 1. The Balaban J connectivity index is 2.22. The van der Waals surface area contributed by atoms with Crippen LogP contribution in [0.1, 0.15) is 29.2 Å². The van der Waals surface area contributed by atoms with E-state index in [-0.39, 0.29) is 12.6 Å². The van der Waals surface area contributed by atoms with Gasteiger partial charge in [-0.1, -0.05) is 48.0 Å². The molecule has 126 valence electrons. The van der Waals surface area contributed by atoms with E-state index >= 15 is 0 Å². The molecule has 0 atom stereocenters. The molecule has 0 aliphatic heterocycles. The molecule has 0 amide bonds. The van der Waals surface area contributed by atoms with E-state index in [9.17, 15) is 9.90 Å². The number of rotatable bonds is 6. The molecule has 3 nitrogen and oxygen atoms in total. The van der Waals surface area contributed by atoms with Crippen molar-refractivity contribution >= 4 is 5.97 Å². The van der Waals surface area contributed by atoms with Gasteiger partial charge in [-0.2, -0.15) is 0 Å². The second kappa shape index (κ2) is 8.46. The Hall–Kier alpha value is -2.39. The van der Waals surface area contributed by atoms with Crippen molar-refractivity contribution in [2.75, 3.05) is 6.61 Å². The van der Waals surface area contributed by atoms with Gasteiger partial charge in [0.25, 0.3) is 0 Å². The molecular formula is C21H24O3. The van der Waals surface area contributed by atoms with Gasteiger partial charge >= 0.3 is 5.97 Å². The lowest BCUT2D eigenvalue weighted by Gasteiger charge is -2.13. The van der Waals surface area contributed by atoms with E-state index < -0.39 is 0 Å². The summed E-state index contributed by atoms with van der Waals surface area (Å²) in [7, 11) is 0. The van der Waals surface area contributed by atoms with Gasteiger partial charge in [-0.25, -0.2) is 4.79 Å². The van der Waals surface area contributed by atoms with Crippen LogP contribution in [0.5, 0.6) is 0 Å². The average molecular weight is 324 g/mol. The Kier molecular flexibility index (Phi) is 6.33. The van der Waals surface area contributed by atoms with Crippen molar-refractivity contribution < 1.29 is 14.6 Å². The van der Waals surface area contributed by atoms with Crippen LogP contribution < -0.4 is 0 Å². The number of hydrogen-bond acceptors (Lipinski definition) is 3. The number of ether oxygens (including phenoxy) is 1. The molecule has 1 N–H and O–H groups in total. The molecule has 0 radical (unpaired) electrons. The van der Waals surface area contributed by atoms with Crippen LogP contribution in [0.4, 0.5) is 0 Å². The number of carbonyl (C=O) groups is 1. The van der Waals surface area contributed by atoms with Crippen LogP contribution in [-0.2, 0) is 22.6 Å². The largest absolute Gasteiger partial charge is 0.462 e. The second-order valence-electron chi connectivity index (χ2n) is 5.88. The summed E-state index contributed by atoms with van der Waals surface area (Å²) in [6, 6.07) is 12.4. The van der Waals surface area contributed by atoms with Gasteiger partial charge in [0, 0.05) is 12.5 Å². The minimum absolute atomic E-state index is 0.0225. The first-order chi connectivity index (χ1) is 11.5. The van der Waals surface area contributed by atoms with Crippen LogP contribution in [-0.4, -0.2) is 17.7 Å². The SMILES string of the molecule is C/C=C/C(=O)OCCc1cc(-c2ccc(C)cc2C)ccc1CO. The van der Waals surface area contributed by atoms with Crippen LogP contribution in [0.25, 0.3) is 11.1 Å². The Morgan fingerprint density at radius 3 is 2.58 bits per heavy atom. The van der Waals surface area contributed by atoms with E-state index in [4.69, 9.17) is 4.74 Å². The molecule has 3 heteroatoms. The average Bonchev–Trinajstić information content (AvgIpc) is 2.55. The molecule has 0 fully saturated rings. The van der Waals surface area contributed by atoms with E-state index in [2.05, 4.69) is 38.1 Å². The lowest BCUT2D eigenvalue weighted by molar-refractivity contribution is -0.137. The van der Waals surface area contributed by atoms with Crippen molar-refractivity contribution in [1.29, 1.82) is 0 Å². The highest BCUT2D eigenvalue weighted by Gasteiger charge is 2.08. The quantitative estimate of drug-likeness (QED) is 0.642. The number of benzene rings is 2. The lowest BCUT2D eigenvalue weighted by atomic mass is 9.94. The Morgan fingerprint density at radius 2 is 1.92 bits per heavy atom. The Morgan fingerprint density at radius 1 is 1.12 bits per heavy atom. The maximum absolute atomic E-state index is 11.4. The minimum atomic E-state index is -0.339. The molecule has 24 heavy (non-hydrogen) atoms. The molecule has 2 rings (SSSR count). The van der Waals surface area contributed by atoms with Crippen molar-refractivity contribution in [2.45, 2.75) is 33.8 Å². The molecule has 0 spiro atoms. The number of allylic oxidation sites excluding steroid dienone is 1. The molecule has 0 aliphatic carbocycles. The zero-order valence-electron chi connectivity index (χ0n) is 14.5. The molecular weight excluding hydrogens is 300 g/mol. The van der Waals surface area contributed by atoms with Crippen LogP contribution in [0.3, 0.4) is 0 Å². The molecule has 0 unspecified atom stereocenters. The number of hydrogen-bond donors (Lipinski definition) is 1. The maximum Gasteiger partial charge on any atom is 0.330 e. The Bertz CT molecular complexity index is 745. The molecule has 2 aromatic carbocycles. The van der Waals surface area contributed by atoms with Gasteiger partial charge in [0.05, 0.1) is 13.2 Å². The fourth-order valence-corrected chi connectivity index (χ4v) is 2.76. The smallest absolute Gasteiger partial charge is 0.330 e. The third kappa shape index (κ3) is 4.56. The second-order valence-corrected chi connectivity index (χ2v) is 5.88. The molecule has 0 saturated heterocycles. The van der Waals surface area contributed by atoms with E-state index in [1.54, 1.807) is 13.0 Å². The third-order valence-corrected chi connectivity index (χ3v) is 3.99. The fourth-order valence-electron chi connectivity index (χ4n) is 2.76. The third-order valence-electron chi connectivity index (χ3n) is 3.99. The van der Waals surface area contributed by atoms with Crippen molar-refractivity contribution in [3.8, 4) is 11.1 Å². The molecule has 0 aliphatic rings. The maximum atomic E-state index is 11.4. The highest BCUT2D eigenvalue weighted by atomic mass is 16.5. The summed E-state index contributed by atoms with van der Waals surface area (Å²) in [5.41, 5.74) is 6.61. The summed E-state index contributed by atoms with van der Waals surface area (Å²) < 4.78 is 5.16. The van der Waals surface area contributed by atoms with Gasteiger partial charge in [0.2, 0.25) is 0 Å². The first kappa shape index (κ1) is 18.0. The van der Waals surface area contributed by atoms with Gasteiger partial charge in [-0.05, 0) is 48.6 Å². The number of aryl methyl sites for hydroxylation is 2. The highest BCUT2D eigenvalue weighted by Crippen LogP contribution is 2.27. The summed E-state index contributed by atoms with van der Waals surface area (Å²) in [5, 5.41) is 9.54. The van der Waals surface area contributed by atoms with Crippen LogP contribution in [0, 0.1) is 13.8 Å². The molecule has 0 aromatic heterocycles. The van der Waals surface area contributed by atoms with Crippen LogP contribution in [0.15, 0.2) is 48.6 Å². The molecule has 2 aromatic rings. The summed E-state index contributed by atoms with van der Waals surface area (Å²) in [4.78, 5) is 11.4. The summed E-state index contributed by atoms with van der Waals surface area (Å²) in [5.74, 6) is -0.339. The van der Waals surface area contributed by atoms with Gasteiger partial charge < -0.3 is 9.84 Å². The topological polar surface area (TPSA) is 46.5 Å². The summed E-state index contributed by atoms with van der Waals surface area (Å²) in [6.07, 6.45) is 3.64. The normalized spacial score (nSPS) is 11.0. The van der Waals surface area contributed by atoms with Gasteiger partial charge in [-0.3, -0.25) is 0 Å². The molecule has 0 heterocycles. The first-order valence-corrected chi connectivity index (χ1v) is 8.15. The number of aliphatic hydroxyl groups is 1. The Labute approximate surface area is 143 Å². The monoisotopic (exact) mass is 324 g/mol. The van der Waals surface area contributed by atoms with Crippen LogP contribution in [0.2, 0.25) is 0 Å². The van der Waals surface area contributed by atoms with E-state index in [0.29, 0.717) is 13.0 Å². The fraction of sp³-hybridized carbons (Fsp3) is 0.286. The van der Waals surface area contributed by atoms with Crippen molar-refractivity contribution in [2.24, 2.45) is 0 Å². The van der Waals surface area contributed by atoms with Crippen molar-refractivity contribution in [1.82, 2.24) is 0 Å². The lowest BCUT2D eigenvalue weighted by Crippen LogP contribution is -2.06. The number of carbonyl (C=O) groups excluding carboxylic acids is 1. The van der Waals surface area contributed by atoms with Crippen LogP contribution >= 0.6 is 0 Å².